The van der Waals surface area contributed by atoms with Gasteiger partial charge in [0.2, 0.25) is 0 Å². The van der Waals surface area contributed by atoms with E-state index in [1.165, 1.54) is 0 Å². The topological polar surface area (TPSA) is 16.1 Å². The van der Waals surface area contributed by atoms with Crippen LogP contribution in [0.2, 0.25) is 0 Å². The summed E-state index contributed by atoms with van der Waals surface area (Å²) < 4.78 is 39.3. The van der Waals surface area contributed by atoms with Crippen LogP contribution in [0.15, 0.2) is 6.07 Å². The molecule has 0 N–H and O–H groups in total. The van der Waals surface area contributed by atoms with Crippen LogP contribution in [0.3, 0.4) is 0 Å². The van der Waals surface area contributed by atoms with Gasteiger partial charge in [0.25, 0.3) is 5.95 Å². The lowest BCUT2D eigenvalue weighted by molar-refractivity contribution is 0.462. The van der Waals surface area contributed by atoms with Crippen molar-refractivity contribution < 1.29 is 13.2 Å². The summed E-state index contributed by atoms with van der Waals surface area (Å²) in [7, 11) is 0. The molecule has 1 saturated heterocycles. The zero-order valence-corrected chi connectivity index (χ0v) is 10.2. The van der Waals surface area contributed by atoms with E-state index < -0.39 is 17.6 Å². The van der Waals surface area contributed by atoms with Crippen molar-refractivity contribution in [1.82, 2.24) is 4.98 Å². The molecular formula is C11H13F3N2S. The van der Waals surface area contributed by atoms with Crippen LogP contribution in [0.4, 0.5) is 19.0 Å². The van der Waals surface area contributed by atoms with Gasteiger partial charge in [-0.2, -0.15) is 21.1 Å². The van der Waals surface area contributed by atoms with Gasteiger partial charge >= 0.3 is 0 Å². The Morgan fingerprint density at radius 3 is 2.88 bits per heavy atom. The standard InChI is InChI=1S/C11H13F3N2S/c1-2-7-6-16(3-4-17-7)11-9(13)5-8(12)10(14)15-11/h5,7H,2-4,6H2,1H3. The fraction of sp³-hybridized carbons (Fsp3) is 0.545. The van der Waals surface area contributed by atoms with Gasteiger partial charge in [-0.15, -0.1) is 0 Å². The molecule has 1 aliphatic heterocycles. The fourth-order valence-corrected chi connectivity index (χ4v) is 3.00. The first-order valence-electron chi connectivity index (χ1n) is 5.50. The highest BCUT2D eigenvalue weighted by atomic mass is 32.2. The first kappa shape index (κ1) is 12.5. The Balaban J connectivity index is 2.24. The van der Waals surface area contributed by atoms with E-state index in [0.29, 0.717) is 24.4 Å². The number of nitrogens with zero attached hydrogens (tertiary/aromatic N) is 2. The lowest BCUT2D eigenvalue weighted by atomic mass is 10.3. The number of hydrogen-bond donors (Lipinski definition) is 0. The molecule has 0 aromatic carbocycles. The summed E-state index contributed by atoms with van der Waals surface area (Å²) in [5.41, 5.74) is 0. The molecule has 2 rings (SSSR count). The molecule has 94 valence electrons. The molecule has 1 aromatic heterocycles. The van der Waals surface area contributed by atoms with E-state index in [1.54, 1.807) is 4.90 Å². The molecule has 1 unspecified atom stereocenters. The van der Waals surface area contributed by atoms with Crippen molar-refractivity contribution in [3.63, 3.8) is 0 Å². The maximum absolute atomic E-state index is 13.5. The number of pyridine rings is 1. The molecule has 6 heteroatoms. The molecular weight excluding hydrogens is 249 g/mol. The molecule has 2 nitrogen and oxygen atoms in total. The second-order valence-corrected chi connectivity index (χ2v) is 5.32. The summed E-state index contributed by atoms with van der Waals surface area (Å²) in [4.78, 5) is 5.05. The Labute approximate surface area is 102 Å². The average molecular weight is 262 g/mol. The summed E-state index contributed by atoms with van der Waals surface area (Å²) in [6, 6.07) is 0.556. The number of aromatic nitrogens is 1. The van der Waals surface area contributed by atoms with Crippen molar-refractivity contribution in [2.24, 2.45) is 0 Å². The third kappa shape index (κ3) is 2.68. The maximum atomic E-state index is 13.5. The average Bonchev–Trinajstić information content (AvgIpc) is 2.34. The van der Waals surface area contributed by atoms with Crippen LogP contribution < -0.4 is 4.90 Å². The smallest absolute Gasteiger partial charge is 0.251 e. The van der Waals surface area contributed by atoms with Gasteiger partial charge in [-0.3, -0.25) is 0 Å². The first-order valence-corrected chi connectivity index (χ1v) is 6.54. The molecule has 0 aliphatic carbocycles. The summed E-state index contributed by atoms with van der Waals surface area (Å²) in [6.45, 7) is 3.28. The molecule has 0 saturated carbocycles. The van der Waals surface area contributed by atoms with E-state index in [9.17, 15) is 13.2 Å². The van der Waals surface area contributed by atoms with Gasteiger partial charge in [0.15, 0.2) is 17.5 Å². The number of rotatable bonds is 2. The zero-order valence-electron chi connectivity index (χ0n) is 9.42. The van der Waals surface area contributed by atoms with Gasteiger partial charge in [0.1, 0.15) is 0 Å². The number of thioether (sulfide) groups is 1. The van der Waals surface area contributed by atoms with Crippen LogP contribution >= 0.6 is 11.8 Å². The van der Waals surface area contributed by atoms with Gasteiger partial charge < -0.3 is 4.90 Å². The Bertz CT molecular complexity index is 414. The van der Waals surface area contributed by atoms with Gasteiger partial charge in [-0.05, 0) is 6.42 Å². The van der Waals surface area contributed by atoms with Crippen LogP contribution in [-0.2, 0) is 0 Å². The van der Waals surface area contributed by atoms with Crippen LogP contribution in [-0.4, -0.2) is 29.1 Å². The van der Waals surface area contributed by atoms with Gasteiger partial charge in [-0.25, -0.2) is 8.78 Å². The molecule has 0 bridgehead atoms. The van der Waals surface area contributed by atoms with Crippen LogP contribution in [0.5, 0.6) is 0 Å². The van der Waals surface area contributed by atoms with Crippen LogP contribution in [0.25, 0.3) is 0 Å². The monoisotopic (exact) mass is 262 g/mol. The second kappa shape index (κ2) is 5.16. The molecule has 1 atom stereocenters. The SMILES string of the molecule is CCC1CN(c2nc(F)c(F)cc2F)CCS1. The van der Waals surface area contributed by atoms with Crippen molar-refractivity contribution in [3.8, 4) is 0 Å². The van der Waals surface area contributed by atoms with Crippen molar-refractivity contribution in [2.75, 3.05) is 23.7 Å². The fourth-order valence-electron chi connectivity index (χ4n) is 1.82. The molecule has 1 aromatic rings. The Morgan fingerprint density at radius 2 is 2.18 bits per heavy atom. The lowest BCUT2D eigenvalue weighted by Gasteiger charge is -2.32. The third-order valence-corrected chi connectivity index (χ3v) is 4.13. The second-order valence-electron chi connectivity index (χ2n) is 3.91. The molecule has 0 radical (unpaired) electrons. The summed E-state index contributed by atoms with van der Waals surface area (Å²) in [6.07, 6.45) is 0.965. The van der Waals surface area contributed by atoms with Crippen molar-refractivity contribution in [3.05, 3.63) is 23.6 Å². The van der Waals surface area contributed by atoms with Crippen molar-refractivity contribution in [2.45, 2.75) is 18.6 Å². The van der Waals surface area contributed by atoms with Gasteiger partial charge in [0.05, 0.1) is 0 Å². The number of hydrogen-bond acceptors (Lipinski definition) is 3. The van der Waals surface area contributed by atoms with E-state index in [4.69, 9.17) is 0 Å². The molecule has 1 aliphatic rings. The minimum Gasteiger partial charge on any atom is -0.352 e. The van der Waals surface area contributed by atoms with E-state index >= 15 is 0 Å². The normalized spacial score (nSPS) is 20.7. The first-order chi connectivity index (χ1) is 8.11. The minimum absolute atomic E-state index is 0.0809. The minimum atomic E-state index is -1.25. The Kier molecular flexibility index (Phi) is 3.81. The molecule has 17 heavy (non-hydrogen) atoms. The highest BCUT2D eigenvalue weighted by Crippen LogP contribution is 2.26. The third-order valence-electron chi connectivity index (χ3n) is 2.76. The zero-order chi connectivity index (χ0) is 12.4. The molecule has 2 heterocycles. The molecule has 0 amide bonds. The maximum Gasteiger partial charge on any atom is 0.251 e. The van der Waals surface area contributed by atoms with Gasteiger partial charge in [-0.1, -0.05) is 6.92 Å². The van der Waals surface area contributed by atoms with Crippen LogP contribution in [0, 0.1) is 17.6 Å². The summed E-state index contributed by atoms with van der Waals surface area (Å²) in [5.74, 6) is -2.52. The predicted octanol–water partition coefficient (Wildman–Crippen LogP) is 2.83. The van der Waals surface area contributed by atoms with Crippen molar-refractivity contribution >= 4 is 17.6 Å². The largest absolute Gasteiger partial charge is 0.352 e. The van der Waals surface area contributed by atoms with E-state index in [0.717, 1.165) is 12.2 Å². The summed E-state index contributed by atoms with van der Waals surface area (Å²) in [5, 5.41) is 0.387. The number of anilines is 1. The Hall–Kier alpha value is -0.910. The lowest BCUT2D eigenvalue weighted by Crippen LogP contribution is -2.38. The Morgan fingerprint density at radius 1 is 1.41 bits per heavy atom. The van der Waals surface area contributed by atoms with Gasteiger partial charge in [0, 0.05) is 30.2 Å². The van der Waals surface area contributed by atoms with Crippen LogP contribution in [0.1, 0.15) is 13.3 Å². The predicted molar refractivity (Wildman–Crippen MR) is 62.9 cm³/mol. The molecule has 1 fully saturated rings. The number of halogens is 3. The molecule has 0 spiro atoms. The van der Waals surface area contributed by atoms with Crippen molar-refractivity contribution in [1.29, 1.82) is 0 Å². The quantitative estimate of drug-likeness (QED) is 0.762. The van der Waals surface area contributed by atoms with E-state index in [-0.39, 0.29) is 5.82 Å². The highest BCUT2D eigenvalue weighted by molar-refractivity contribution is 8.00. The summed E-state index contributed by atoms with van der Waals surface area (Å²) >= 11 is 1.82. The van der Waals surface area contributed by atoms with E-state index in [1.807, 2.05) is 11.8 Å². The van der Waals surface area contributed by atoms with E-state index in [2.05, 4.69) is 11.9 Å². The highest BCUT2D eigenvalue weighted by Gasteiger charge is 2.23.